The highest BCUT2D eigenvalue weighted by atomic mass is 32.1. The summed E-state index contributed by atoms with van der Waals surface area (Å²) >= 11 is 1.85. The lowest BCUT2D eigenvalue weighted by Crippen LogP contribution is -2.09. The number of benzene rings is 9. The minimum atomic E-state index is 0.628. The number of oxazole rings is 1. The molecular formula is C53H33N3OS. The predicted octanol–water partition coefficient (Wildman–Crippen LogP) is 15.2. The van der Waals surface area contributed by atoms with Crippen molar-refractivity contribution in [3.05, 3.63) is 200 Å². The molecule has 0 fully saturated rings. The van der Waals surface area contributed by atoms with Crippen LogP contribution >= 0.6 is 11.3 Å². The van der Waals surface area contributed by atoms with Gasteiger partial charge in [0.15, 0.2) is 5.58 Å². The van der Waals surface area contributed by atoms with Gasteiger partial charge in [-0.05, 0) is 101 Å². The first kappa shape index (κ1) is 32.7. The van der Waals surface area contributed by atoms with Gasteiger partial charge in [0, 0.05) is 64.6 Å². The summed E-state index contributed by atoms with van der Waals surface area (Å²) in [6, 6.07) is 71.6. The second-order valence-corrected chi connectivity index (χ2v) is 15.8. The van der Waals surface area contributed by atoms with Crippen molar-refractivity contribution in [3.63, 3.8) is 0 Å². The van der Waals surface area contributed by atoms with E-state index in [4.69, 9.17) is 9.40 Å². The van der Waals surface area contributed by atoms with Crippen LogP contribution in [0.2, 0.25) is 0 Å². The fraction of sp³-hybridized carbons (Fsp3) is 0. The molecule has 3 heterocycles. The molecule has 58 heavy (non-hydrogen) atoms. The Bertz CT molecular complexity index is 3510. The first-order chi connectivity index (χ1) is 28.7. The van der Waals surface area contributed by atoms with Crippen molar-refractivity contribution >= 4 is 92.2 Å². The molecule has 0 spiro atoms. The lowest BCUT2D eigenvalue weighted by Gasteiger charge is -2.26. The van der Waals surface area contributed by atoms with E-state index >= 15 is 0 Å². The summed E-state index contributed by atoms with van der Waals surface area (Å²) in [7, 11) is 0. The second kappa shape index (κ2) is 13.1. The SMILES string of the molecule is c1ccc(-c2nc3c(ccc4cccc(-c5ccc(N(c6ccc7c(c6)sc6ccccc67)c6ccc7c(c6)c6ccccc6n7-c6ccccc6)cc5)c43)o2)cc1. The van der Waals surface area contributed by atoms with Crippen LogP contribution in [0.5, 0.6) is 0 Å². The van der Waals surface area contributed by atoms with Crippen molar-refractivity contribution in [2.45, 2.75) is 0 Å². The highest BCUT2D eigenvalue weighted by Crippen LogP contribution is 2.44. The van der Waals surface area contributed by atoms with E-state index < -0.39 is 0 Å². The monoisotopic (exact) mass is 759 g/mol. The number of fused-ring (bicyclic) bond motifs is 9. The molecule has 0 saturated heterocycles. The maximum atomic E-state index is 6.32. The number of aromatic nitrogens is 2. The highest BCUT2D eigenvalue weighted by molar-refractivity contribution is 7.25. The van der Waals surface area contributed by atoms with Crippen LogP contribution in [0.4, 0.5) is 17.1 Å². The number of thiophene rings is 1. The summed E-state index contributed by atoms with van der Waals surface area (Å²) in [6.45, 7) is 0. The summed E-state index contributed by atoms with van der Waals surface area (Å²) < 4.78 is 11.3. The molecular weight excluding hydrogens is 727 g/mol. The number of anilines is 3. The van der Waals surface area contributed by atoms with Crippen molar-refractivity contribution in [3.8, 4) is 28.3 Å². The van der Waals surface area contributed by atoms with E-state index in [2.05, 4.69) is 173 Å². The first-order valence-electron chi connectivity index (χ1n) is 19.5. The molecule has 5 heteroatoms. The molecule has 0 unspecified atom stereocenters. The van der Waals surface area contributed by atoms with E-state index in [1.54, 1.807) is 0 Å². The molecule has 0 bridgehead atoms. The van der Waals surface area contributed by atoms with Gasteiger partial charge in [0.05, 0.1) is 11.0 Å². The second-order valence-electron chi connectivity index (χ2n) is 14.8. The molecule has 9 aromatic carbocycles. The Balaban J connectivity index is 1.03. The smallest absolute Gasteiger partial charge is 0.227 e. The third kappa shape index (κ3) is 5.18. The predicted molar refractivity (Wildman–Crippen MR) is 244 cm³/mol. The Labute approximate surface area is 338 Å². The third-order valence-corrected chi connectivity index (χ3v) is 12.5. The van der Waals surface area contributed by atoms with Gasteiger partial charge >= 0.3 is 0 Å². The minimum Gasteiger partial charge on any atom is -0.436 e. The third-order valence-electron chi connectivity index (χ3n) is 11.4. The van der Waals surface area contributed by atoms with Crippen molar-refractivity contribution in [2.75, 3.05) is 4.90 Å². The van der Waals surface area contributed by atoms with Crippen molar-refractivity contribution in [2.24, 2.45) is 0 Å². The normalized spacial score (nSPS) is 11.8. The number of rotatable bonds is 6. The number of para-hydroxylation sites is 2. The molecule has 12 rings (SSSR count). The zero-order chi connectivity index (χ0) is 38.2. The Morgan fingerprint density at radius 3 is 2.02 bits per heavy atom. The molecule has 0 aliphatic carbocycles. The molecule has 12 aromatic rings. The van der Waals surface area contributed by atoms with Gasteiger partial charge < -0.3 is 13.9 Å². The van der Waals surface area contributed by atoms with Crippen LogP contribution in [-0.4, -0.2) is 9.55 Å². The molecule has 0 aliphatic heterocycles. The van der Waals surface area contributed by atoms with Gasteiger partial charge in [-0.15, -0.1) is 11.3 Å². The number of nitrogens with zero attached hydrogens (tertiary/aromatic N) is 3. The topological polar surface area (TPSA) is 34.2 Å². The number of hydrogen-bond acceptors (Lipinski definition) is 4. The zero-order valence-corrected chi connectivity index (χ0v) is 32.0. The van der Waals surface area contributed by atoms with E-state index in [9.17, 15) is 0 Å². The van der Waals surface area contributed by atoms with Gasteiger partial charge in [-0.25, -0.2) is 4.98 Å². The van der Waals surface area contributed by atoms with Gasteiger partial charge in [0.1, 0.15) is 5.52 Å². The lowest BCUT2D eigenvalue weighted by molar-refractivity contribution is 0.620. The molecule has 272 valence electrons. The van der Waals surface area contributed by atoms with Crippen LogP contribution in [-0.2, 0) is 0 Å². The van der Waals surface area contributed by atoms with E-state index in [-0.39, 0.29) is 0 Å². The molecule has 0 aliphatic rings. The summed E-state index contributed by atoms with van der Waals surface area (Å²) in [4.78, 5) is 7.45. The highest BCUT2D eigenvalue weighted by Gasteiger charge is 2.20. The molecule has 0 radical (unpaired) electrons. The van der Waals surface area contributed by atoms with Gasteiger partial charge in [-0.1, -0.05) is 115 Å². The van der Waals surface area contributed by atoms with E-state index in [1.165, 1.54) is 42.0 Å². The Morgan fingerprint density at radius 2 is 1.16 bits per heavy atom. The van der Waals surface area contributed by atoms with Gasteiger partial charge in [-0.3, -0.25) is 0 Å². The van der Waals surface area contributed by atoms with Crippen LogP contribution in [0.3, 0.4) is 0 Å². The van der Waals surface area contributed by atoms with Crippen LogP contribution in [0.15, 0.2) is 205 Å². The summed E-state index contributed by atoms with van der Waals surface area (Å²) in [6.07, 6.45) is 0. The van der Waals surface area contributed by atoms with Crippen LogP contribution in [0, 0.1) is 0 Å². The van der Waals surface area contributed by atoms with Crippen LogP contribution in [0.1, 0.15) is 0 Å². The summed E-state index contributed by atoms with van der Waals surface area (Å²) in [5, 5.41) is 7.24. The molecule has 0 N–H and O–H groups in total. The Morgan fingerprint density at radius 1 is 0.466 bits per heavy atom. The van der Waals surface area contributed by atoms with Gasteiger partial charge in [-0.2, -0.15) is 0 Å². The van der Waals surface area contributed by atoms with Crippen molar-refractivity contribution in [1.82, 2.24) is 9.55 Å². The summed E-state index contributed by atoms with van der Waals surface area (Å²) in [5.74, 6) is 0.628. The van der Waals surface area contributed by atoms with Gasteiger partial charge in [0.2, 0.25) is 5.89 Å². The quantitative estimate of drug-likeness (QED) is 0.169. The average molecular weight is 760 g/mol. The fourth-order valence-corrected chi connectivity index (χ4v) is 9.89. The van der Waals surface area contributed by atoms with Crippen LogP contribution < -0.4 is 4.90 Å². The van der Waals surface area contributed by atoms with E-state index in [1.807, 2.05) is 47.7 Å². The Kier molecular flexibility index (Phi) is 7.37. The maximum Gasteiger partial charge on any atom is 0.227 e. The largest absolute Gasteiger partial charge is 0.436 e. The van der Waals surface area contributed by atoms with Crippen molar-refractivity contribution in [1.29, 1.82) is 0 Å². The summed E-state index contributed by atoms with van der Waals surface area (Å²) in [5.41, 5.74) is 11.7. The average Bonchev–Trinajstić information content (AvgIpc) is 3.99. The molecule has 0 amide bonds. The molecule has 3 aromatic heterocycles. The molecule has 0 atom stereocenters. The first-order valence-corrected chi connectivity index (χ1v) is 20.4. The number of hydrogen-bond donors (Lipinski definition) is 0. The Hall–Kier alpha value is -7.47. The lowest BCUT2D eigenvalue weighted by atomic mass is 9.97. The van der Waals surface area contributed by atoms with E-state index in [0.29, 0.717) is 5.89 Å². The minimum absolute atomic E-state index is 0.628. The standard InChI is InChI=1S/C53H33N3OS/c1-3-12-36(13-4-1)53-54-52-48(57-53)31-24-35-14-11-19-41(51(35)52)34-22-25-38(26-23-34)55(40-27-29-44-43-18-8-10-21-49(43)58-50(44)33-40)39-28-30-47-45(32-39)42-17-7-9-20-46(42)56(47)37-15-5-2-6-16-37/h1-33H. The molecule has 0 saturated carbocycles. The fourth-order valence-electron chi connectivity index (χ4n) is 8.75. The maximum absolute atomic E-state index is 6.32. The van der Waals surface area contributed by atoms with E-state index in [0.717, 1.165) is 61.3 Å². The van der Waals surface area contributed by atoms with Crippen molar-refractivity contribution < 1.29 is 4.42 Å². The van der Waals surface area contributed by atoms with Gasteiger partial charge in [0.25, 0.3) is 0 Å². The zero-order valence-electron chi connectivity index (χ0n) is 31.2. The molecule has 4 nitrogen and oxygen atoms in total. The van der Waals surface area contributed by atoms with Crippen LogP contribution in [0.25, 0.3) is 92.1 Å².